The average molecular weight is 480 g/mol. The molecular formula is C27H30ClN3O3. The van der Waals surface area contributed by atoms with Gasteiger partial charge in [0.2, 0.25) is 5.91 Å². The molecule has 0 bridgehead atoms. The van der Waals surface area contributed by atoms with Crippen molar-refractivity contribution >= 4 is 40.0 Å². The Morgan fingerprint density at radius 1 is 1.12 bits per heavy atom. The van der Waals surface area contributed by atoms with Crippen LogP contribution < -0.4 is 15.0 Å². The van der Waals surface area contributed by atoms with E-state index < -0.39 is 5.54 Å². The molecule has 2 heterocycles. The highest BCUT2D eigenvalue weighted by Crippen LogP contribution is 2.38. The minimum Gasteiger partial charge on any atom is -0.497 e. The Kier molecular flexibility index (Phi) is 5.80. The van der Waals surface area contributed by atoms with Crippen LogP contribution in [-0.4, -0.2) is 35.1 Å². The second-order valence-corrected chi connectivity index (χ2v) is 10.1. The fourth-order valence-electron chi connectivity index (χ4n) is 5.31. The van der Waals surface area contributed by atoms with E-state index in [0.717, 1.165) is 42.1 Å². The smallest absolute Gasteiger partial charge is 0.275 e. The summed E-state index contributed by atoms with van der Waals surface area (Å²) in [7, 11) is 1.62. The fourth-order valence-corrected chi connectivity index (χ4v) is 5.49. The predicted octanol–water partition coefficient (Wildman–Crippen LogP) is 5.48. The first-order valence-electron chi connectivity index (χ1n) is 11.9. The van der Waals surface area contributed by atoms with Crippen molar-refractivity contribution in [3.8, 4) is 5.75 Å². The molecule has 1 fully saturated rings. The number of carbonyl (C=O) groups is 2. The summed E-state index contributed by atoms with van der Waals surface area (Å²) in [6.45, 7) is 4.10. The molecular weight excluding hydrogens is 450 g/mol. The number of hydrogen-bond acceptors (Lipinski definition) is 3. The Morgan fingerprint density at radius 3 is 2.59 bits per heavy atom. The summed E-state index contributed by atoms with van der Waals surface area (Å²) in [5.41, 5.74) is 1.83. The third-order valence-corrected chi connectivity index (χ3v) is 7.74. The number of halogens is 1. The van der Waals surface area contributed by atoms with Crippen molar-refractivity contribution in [2.24, 2.45) is 0 Å². The predicted molar refractivity (Wildman–Crippen MR) is 135 cm³/mol. The van der Waals surface area contributed by atoms with Gasteiger partial charge in [0, 0.05) is 28.2 Å². The molecule has 1 aromatic heterocycles. The number of benzene rings is 2. The molecule has 6 nitrogen and oxygen atoms in total. The molecule has 0 spiro atoms. The number of rotatable bonds is 4. The quantitative estimate of drug-likeness (QED) is 0.539. The number of aromatic nitrogens is 1. The number of carbonyl (C=O) groups excluding carboxylic acids is 2. The van der Waals surface area contributed by atoms with Crippen molar-refractivity contribution in [3.05, 3.63) is 58.7 Å². The minimum atomic E-state index is -1.13. The minimum absolute atomic E-state index is 0.138. The van der Waals surface area contributed by atoms with Gasteiger partial charge in [0.25, 0.3) is 5.91 Å². The van der Waals surface area contributed by atoms with E-state index in [0.29, 0.717) is 28.7 Å². The maximum absolute atomic E-state index is 14.0. The van der Waals surface area contributed by atoms with E-state index >= 15 is 0 Å². The van der Waals surface area contributed by atoms with Crippen molar-refractivity contribution in [3.63, 3.8) is 0 Å². The first-order chi connectivity index (χ1) is 16.3. The van der Waals surface area contributed by atoms with Crippen LogP contribution in [0.2, 0.25) is 5.02 Å². The zero-order valence-electron chi connectivity index (χ0n) is 19.9. The first kappa shape index (κ1) is 22.8. The molecule has 2 aliphatic rings. The van der Waals surface area contributed by atoms with Crippen molar-refractivity contribution in [2.75, 3.05) is 12.0 Å². The highest BCUT2D eigenvalue weighted by molar-refractivity contribution is 6.31. The molecule has 34 heavy (non-hydrogen) atoms. The van der Waals surface area contributed by atoms with Crippen molar-refractivity contribution in [2.45, 2.75) is 64.1 Å². The Morgan fingerprint density at radius 2 is 1.88 bits per heavy atom. The van der Waals surface area contributed by atoms with Gasteiger partial charge in [-0.15, -0.1) is 0 Å². The van der Waals surface area contributed by atoms with E-state index in [2.05, 4.69) is 5.32 Å². The van der Waals surface area contributed by atoms with Crippen LogP contribution in [0.15, 0.2) is 42.5 Å². The molecule has 1 aliphatic carbocycles. The zero-order valence-corrected chi connectivity index (χ0v) is 20.6. The molecule has 1 aliphatic heterocycles. The molecule has 178 valence electrons. The monoisotopic (exact) mass is 479 g/mol. The van der Waals surface area contributed by atoms with E-state index in [1.807, 2.05) is 54.8 Å². The molecule has 1 saturated carbocycles. The number of amides is 2. The number of hydrogen-bond donors (Lipinski definition) is 1. The van der Waals surface area contributed by atoms with Gasteiger partial charge in [-0.1, -0.05) is 36.9 Å². The highest BCUT2D eigenvalue weighted by atomic mass is 35.5. The Bertz CT molecular complexity index is 1280. The van der Waals surface area contributed by atoms with Crippen LogP contribution in [0.3, 0.4) is 0 Å². The van der Waals surface area contributed by atoms with Gasteiger partial charge in [0.15, 0.2) is 0 Å². The summed E-state index contributed by atoms with van der Waals surface area (Å²) in [4.78, 5) is 29.5. The molecule has 2 aromatic carbocycles. The topological polar surface area (TPSA) is 63.6 Å². The lowest BCUT2D eigenvalue weighted by molar-refractivity contribution is -0.127. The highest BCUT2D eigenvalue weighted by Gasteiger charge is 2.49. The van der Waals surface area contributed by atoms with Crippen molar-refractivity contribution < 1.29 is 14.3 Å². The number of aryl methyl sites for hydroxylation is 1. The van der Waals surface area contributed by atoms with E-state index in [9.17, 15) is 9.59 Å². The summed E-state index contributed by atoms with van der Waals surface area (Å²) in [5.74, 6) is 0.351. The second kappa shape index (κ2) is 8.66. The molecule has 0 saturated heterocycles. The van der Waals surface area contributed by atoms with Gasteiger partial charge in [-0.2, -0.15) is 0 Å². The fraction of sp³-hybridized carbons (Fsp3) is 0.407. The van der Waals surface area contributed by atoms with Crippen LogP contribution in [0, 0.1) is 6.92 Å². The third kappa shape index (κ3) is 3.74. The van der Waals surface area contributed by atoms with Gasteiger partial charge in [0.05, 0.1) is 19.2 Å². The largest absolute Gasteiger partial charge is 0.497 e. The first-order valence-corrected chi connectivity index (χ1v) is 12.3. The normalized spacial score (nSPS) is 20.9. The Balaban J connectivity index is 1.63. The van der Waals surface area contributed by atoms with Gasteiger partial charge < -0.3 is 14.6 Å². The lowest BCUT2D eigenvalue weighted by atomic mass is 9.91. The van der Waals surface area contributed by atoms with E-state index in [1.165, 1.54) is 6.42 Å². The van der Waals surface area contributed by atoms with Crippen LogP contribution >= 0.6 is 11.6 Å². The van der Waals surface area contributed by atoms with Crippen molar-refractivity contribution in [1.82, 2.24) is 9.88 Å². The summed E-state index contributed by atoms with van der Waals surface area (Å²) in [5, 5.41) is 4.76. The number of anilines is 1. The maximum Gasteiger partial charge on any atom is 0.275 e. The molecule has 0 unspecified atom stereocenters. The van der Waals surface area contributed by atoms with Crippen LogP contribution in [0.25, 0.3) is 10.9 Å². The van der Waals surface area contributed by atoms with E-state index in [1.54, 1.807) is 18.1 Å². The number of nitrogens with zero attached hydrogens (tertiary/aromatic N) is 2. The SMILES string of the molecule is COc1ccc2cc3n(c2c1)C[C@@](C)(C(=O)NC1CCCCC1)N(c1ccc(C)c(Cl)c1)C3=O. The second-order valence-electron chi connectivity index (χ2n) is 9.70. The zero-order chi connectivity index (χ0) is 24.0. The number of nitrogens with one attached hydrogen (secondary N) is 1. The lowest BCUT2D eigenvalue weighted by Gasteiger charge is -2.44. The maximum atomic E-state index is 14.0. The molecule has 5 rings (SSSR count). The van der Waals surface area contributed by atoms with Crippen LogP contribution in [0.5, 0.6) is 5.75 Å². The summed E-state index contributed by atoms with van der Waals surface area (Å²) in [6, 6.07) is 13.3. The number of ether oxygens (including phenoxy) is 1. The number of fused-ring (bicyclic) bond motifs is 3. The lowest BCUT2D eigenvalue weighted by Crippen LogP contribution is -2.65. The van der Waals surface area contributed by atoms with E-state index in [-0.39, 0.29) is 17.9 Å². The van der Waals surface area contributed by atoms with Crippen LogP contribution in [0.4, 0.5) is 5.69 Å². The van der Waals surface area contributed by atoms with Gasteiger partial charge in [-0.3, -0.25) is 14.5 Å². The average Bonchev–Trinajstić information content (AvgIpc) is 3.19. The molecule has 3 aromatic rings. The molecule has 0 radical (unpaired) electrons. The number of methoxy groups -OCH3 is 1. The molecule has 1 atom stereocenters. The van der Waals surface area contributed by atoms with Gasteiger partial charge in [-0.25, -0.2) is 0 Å². The summed E-state index contributed by atoms with van der Waals surface area (Å²) in [6.07, 6.45) is 5.38. The van der Waals surface area contributed by atoms with Crippen molar-refractivity contribution in [1.29, 1.82) is 0 Å². The van der Waals surface area contributed by atoms with Gasteiger partial charge in [-0.05, 0) is 62.6 Å². The van der Waals surface area contributed by atoms with Gasteiger partial charge in [0.1, 0.15) is 17.0 Å². The van der Waals surface area contributed by atoms with Crippen LogP contribution in [0.1, 0.15) is 55.1 Å². The standard InChI is InChI=1S/C27H30ClN3O3/c1-17-9-11-20(14-22(17)28)31-25(32)24-13-18-10-12-21(34-3)15-23(18)30(24)16-27(31,2)26(33)29-19-7-5-4-6-8-19/h9-15,19H,4-8,16H2,1-3H3,(H,29,33)/t27-/m0/s1. The molecule has 2 amide bonds. The van der Waals surface area contributed by atoms with E-state index in [4.69, 9.17) is 16.3 Å². The summed E-state index contributed by atoms with van der Waals surface area (Å²) >= 11 is 6.45. The molecule has 7 heteroatoms. The molecule has 1 N–H and O–H groups in total. The van der Waals surface area contributed by atoms with Gasteiger partial charge >= 0.3 is 0 Å². The summed E-state index contributed by atoms with van der Waals surface area (Å²) < 4.78 is 7.37. The Labute approximate surface area is 204 Å². The third-order valence-electron chi connectivity index (χ3n) is 7.34. The Hall–Kier alpha value is -2.99. The van der Waals surface area contributed by atoms with Crippen LogP contribution in [-0.2, 0) is 11.3 Å².